The molecule has 0 unspecified atom stereocenters. The summed E-state index contributed by atoms with van der Waals surface area (Å²) < 4.78 is 12.9. The Morgan fingerprint density at radius 2 is 2.17 bits per heavy atom. The molecule has 0 saturated heterocycles. The van der Waals surface area contributed by atoms with Crippen molar-refractivity contribution in [3.8, 4) is 0 Å². The Morgan fingerprint density at radius 1 is 1.50 bits per heavy atom. The molecule has 3 nitrogen and oxygen atoms in total. The molecule has 0 aliphatic carbocycles. The normalized spacial score (nSPS) is 9.42. The van der Waals surface area contributed by atoms with Gasteiger partial charge >= 0.3 is 0 Å². The fourth-order valence-electron chi connectivity index (χ4n) is 0.799. The van der Waals surface area contributed by atoms with Crippen LogP contribution in [0, 0.1) is 5.82 Å². The predicted octanol–water partition coefficient (Wildman–Crippen LogP) is 0.00170. The lowest BCUT2D eigenvalue weighted by molar-refractivity contribution is -0.255. The van der Waals surface area contributed by atoms with E-state index in [0.29, 0.717) is 0 Å². The first kappa shape index (κ1) is 8.39. The summed E-state index contributed by atoms with van der Waals surface area (Å²) in [5.41, 5.74) is -0.878. The summed E-state index contributed by atoms with van der Waals surface area (Å²) in [4.78, 5) is 20.4. The van der Waals surface area contributed by atoms with Crippen molar-refractivity contribution in [1.82, 2.24) is 0 Å². The molecule has 0 saturated carbocycles. The zero-order valence-electron chi connectivity index (χ0n) is 5.91. The van der Waals surface area contributed by atoms with Crippen molar-refractivity contribution in [2.24, 2.45) is 0 Å². The Balaban J connectivity index is 3.32. The molecule has 62 valence electrons. The van der Waals surface area contributed by atoms with Gasteiger partial charge in [-0.3, -0.25) is 4.79 Å². The minimum Gasteiger partial charge on any atom is -0.545 e. The summed E-state index contributed by atoms with van der Waals surface area (Å²) >= 11 is 0. The molecule has 0 N–H and O–H groups in total. The fraction of sp³-hybridized carbons (Fsp3) is 0. The van der Waals surface area contributed by atoms with Crippen LogP contribution in [0.2, 0.25) is 0 Å². The molecule has 0 bridgehead atoms. The lowest BCUT2D eigenvalue weighted by Crippen LogP contribution is -2.23. The number of benzene rings is 1. The summed E-state index contributed by atoms with van der Waals surface area (Å²) in [6.45, 7) is 0. The molecular formula is C8H4FO3-. The van der Waals surface area contributed by atoms with Gasteiger partial charge < -0.3 is 9.90 Å². The molecular weight excluding hydrogens is 163 g/mol. The van der Waals surface area contributed by atoms with Crippen molar-refractivity contribution in [3.63, 3.8) is 0 Å². The molecule has 0 fully saturated rings. The van der Waals surface area contributed by atoms with Crippen LogP contribution in [0.1, 0.15) is 20.7 Å². The third kappa shape index (κ3) is 1.32. The molecule has 0 radical (unpaired) electrons. The highest BCUT2D eigenvalue weighted by atomic mass is 19.1. The van der Waals surface area contributed by atoms with Crippen molar-refractivity contribution in [1.29, 1.82) is 0 Å². The number of hydrogen-bond donors (Lipinski definition) is 0. The van der Waals surface area contributed by atoms with Crippen molar-refractivity contribution in [3.05, 3.63) is 35.1 Å². The van der Waals surface area contributed by atoms with E-state index in [1.807, 2.05) is 0 Å². The molecule has 0 aliphatic heterocycles. The zero-order chi connectivity index (χ0) is 9.14. The van der Waals surface area contributed by atoms with Gasteiger partial charge in [-0.05, 0) is 6.07 Å². The van der Waals surface area contributed by atoms with Gasteiger partial charge in [-0.25, -0.2) is 4.39 Å². The molecule has 0 aliphatic rings. The van der Waals surface area contributed by atoms with Gasteiger partial charge in [0.1, 0.15) is 5.82 Å². The summed E-state index contributed by atoms with van der Waals surface area (Å²) in [5.74, 6) is -2.68. The van der Waals surface area contributed by atoms with Gasteiger partial charge in [-0.1, -0.05) is 12.1 Å². The number of carbonyl (C=O) groups is 2. The minimum atomic E-state index is -1.63. The Morgan fingerprint density at radius 3 is 2.67 bits per heavy atom. The monoisotopic (exact) mass is 167 g/mol. The topological polar surface area (TPSA) is 57.2 Å². The van der Waals surface area contributed by atoms with Crippen molar-refractivity contribution in [2.75, 3.05) is 0 Å². The Kier molecular flexibility index (Phi) is 2.19. The van der Waals surface area contributed by atoms with Crippen molar-refractivity contribution < 1.29 is 19.1 Å². The maximum atomic E-state index is 12.9. The van der Waals surface area contributed by atoms with Gasteiger partial charge in [0.15, 0.2) is 6.29 Å². The van der Waals surface area contributed by atoms with Crippen LogP contribution in [0.15, 0.2) is 18.2 Å². The first-order valence-corrected chi connectivity index (χ1v) is 3.12. The van der Waals surface area contributed by atoms with Crippen LogP contribution in [0.3, 0.4) is 0 Å². The van der Waals surface area contributed by atoms with Gasteiger partial charge in [-0.2, -0.15) is 0 Å². The molecule has 4 heteroatoms. The number of aromatic carboxylic acids is 1. The highest BCUT2D eigenvalue weighted by Crippen LogP contribution is 2.09. The first-order chi connectivity index (χ1) is 5.66. The first-order valence-electron chi connectivity index (χ1n) is 3.12. The molecule has 0 spiro atoms. The molecule has 1 rings (SSSR count). The lowest BCUT2D eigenvalue weighted by atomic mass is 10.1. The summed E-state index contributed by atoms with van der Waals surface area (Å²) in [5, 5.41) is 10.2. The average molecular weight is 167 g/mol. The van der Waals surface area contributed by atoms with E-state index < -0.39 is 17.3 Å². The number of halogens is 1. The van der Waals surface area contributed by atoms with Crippen LogP contribution in [0.4, 0.5) is 4.39 Å². The van der Waals surface area contributed by atoms with Gasteiger partial charge in [-0.15, -0.1) is 0 Å². The SMILES string of the molecule is O=Cc1cccc(C(=O)[O-])c1F. The molecule has 0 heterocycles. The van der Waals surface area contributed by atoms with Gasteiger partial charge in [0.05, 0.1) is 11.5 Å². The number of carbonyl (C=O) groups excluding carboxylic acids is 2. The highest BCUT2D eigenvalue weighted by molar-refractivity contribution is 5.89. The largest absolute Gasteiger partial charge is 0.545 e. The van der Waals surface area contributed by atoms with E-state index >= 15 is 0 Å². The van der Waals surface area contributed by atoms with Crippen LogP contribution in [0.5, 0.6) is 0 Å². The Labute approximate surface area is 67.4 Å². The van der Waals surface area contributed by atoms with Gasteiger partial charge in [0.25, 0.3) is 0 Å². The summed E-state index contributed by atoms with van der Waals surface area (Å²) in [6.07, 6.45) is 0.252. The maximum Gasteiger partial charge on any atom is 0.153 e. The van der Waals surface area contributed by atoms with E-state index in [2.05, 4.69) is 0 Å². The third-order valence-electron chi connectivity index (χ3n) is 1.38. The van der Waals surface area contributed by atoms with E-state index in [1.165, 1.54) is 12.1 Å². The number of rotatable bonds is 2. The van der Waals surface area contributed by atoms with E-state index in [0.717, 1.165) is 6.07 Å². The number of aldehydes is 1. The smallest absolute Gasteiger partial charge is 0.153 e. The van der Waals surface area contributed by atoms with Crippen molar-refractivity contribution in [2.45, 2.75) is 0 Å². The van der Waals surface area contributed by atoms with E-state index in [1.54, 1.807) is 0 Å². The highest BCUT2D eigenvalue weighted by Gasteiger charge is 2.06. The molecule has 0 amide bonds. The fourth-order valence-corrected chi connectivity index (χ4v) is 0.799. The predicted molar refractivity (Wildman–Crippen MR) is 36.1 cm³/mol. The van der Waals surface area contributed by atoms with E-state index in [4.69, 9.17) is 0 Å². The van der Waals surface area contributed by atoms with Crippen LogP contribution < -0.4 is 5.11 Å². The third-order valence-corrected chi connectivity index (χ3v) is 1.38. The molecule has 1 aromatic carbocycles. The lowest BCUT2D eigenvalue weighted by Gasteiger charge is -2.03. The second kappa shape index (κ2) is 3.13. The second-order valence-electron chi connectivity index (χ2n) is 2.11. The zero-order valence-corrected chi connectivity index (χ0v) is 5.91. The summed E-state index contributed by atoms with van der Waals surface area (Å²) in [7, 11) is 0. The Hall–Kier alpha value is -1.71. The average Bonchev–Trinajstić information content (AvgIpc) is 2.04. The molecule has 12 heavy (non-hydrogen) atoms. The van der Waals surface area contributed by atoms with E-state index in [9.17, 15) is 19.1 Å². The molecule has 0 atom stereocenters. The Bertz CT molecular complexity index is 333. The van der Waals surface area contributed by atoms with Gasteiger partial charge in [0.2, 0.25) is 0 Å². The number of carboxylic acid groups (broad SMARTS) is 1. The van der Waals surface area contributed by atoms with Gasteiger partial charge in [0, 0.05) is 5.56 Å². The van der Waals surface area contributed by atoms with Crippen LogP contribution >= 0.6 is 0 Å². The van der Waals surface area contributed by atoms with Crippen molar-refractivity contribution >= 4 is 12.3 Å². The number of carboxylic acids is 1. The van der Waals surface area contributed by atoms with Crippen LogP contribution in [-0.4, -0.2) is 12.3 Å². The second-order valence-corrected chi connectivity index (χ2v) is 2.11. The minimum absolute atomic E-state index is 0.252. The van der Waals surface area contributed by atoms with Crippen LogP contribution in [-0.2, 0) is 0 Å². The van der Waals surface area contributed by atoms with Crippen LogP contribution in [0.25, 0.3) is 0 Å². The molecule has 0 aromatic heterocycles. The van der Waals surface area contributed by atoms with E-state index in [-0.39, 0.29) is 11.8 Å². The summed E-state index contributed by atoms with van der Waals surface area (Å²) in [6, 6.07) is 3.50. The standard InChI is InChI=1S/C8H5FO3/c9-7-5(4-10)2-1-3-6(7)8(11)12/h1-4H,(H,11,12)/p-1. The quantitative estimate of drug-likeness (QED) is 0.582. The molecule has 1 aromatic rings. The maximum absolute atomic E-state index is 12.9. The number of hydrogen-bond acceptors (Lipinski definition) is 3.